The maximum atomic E-state index is 9.79. The quantitative estimate of drug-likeness (QED) is 0.742. The molecule has 2 atom stereocenters. The molecule has 0 fully saturated rings. The van der Waals surface area contributed by atoms with Crippen molar-refractivity contribution in [3.8, 4) is 0 Å². The Hall–Kier alpha value is -0.860. The van der Waals surface area contributed by atoms with Crippen molar-refractivity contribution >= 4 is 0 Å². The summed E-state index contributed by atoms with van der Waals surface area (Å²) in [5.74, 6) is 0.557. The lowest BCUT2D eigenvalue weighted by Crippen LogP contribution is -2.34. The molecular weight excluding hydrogens is 222 g/mol. The lowest BCUT2D eigenvalue weighted by atomic mass is 10.0. The molecule has 1 aromatic carbocycles. The zero-order chi connectivity index (χ0) is 13.4. The Morgan fingerprint density at radius 1 is 1.11 bits per heavy atom. The van der Waals surface area contributed by atoms with Crippen molar-refractivity contribution in [2.24, 2.45) is 5.92 Å². The van der Waals surface area contributed by atoms with Gasteiger partial charge in [0, 0.05) is 12.6 Å². The fraction of sp³-hybridized carbons (Fsp3) is 0.625. The molecule has 0 saturated carbocycles. The van der Waals surface area contributed by atoms with Crippen LogP contribution < -0.4 is 5.32 Å². The van der Waals surface area contributed by atoms with Crippen LogP contribution in [0.1, 0.15) is 39.2 Å². The van der Waals surface area contributed by atoms with Crippen LogP contribution in [0.15, 0.2) is 30.3 Å². The monoisotopic (exact) mass is 249 g/mol. The standard InChI is InChI=1S/C16H27NO/c1-13(2)11-16(18)12-17-14(3)9-10-15-7-5-4-6-8-15/h4-8,13-14,16-18H,9-12H2,1-3H3. The van der Waals surface area contributed by atoms with Gasteiger partial charge in [0.15, 0.2) is 0 Å². The van der Waals surface area contributed by atoms with Gasteiger partial charge < -0.3 is 10.4 Å². The summed E-state index contributed by atoms with van der Waals surface area (Å²) in [4.78, 5) is 0. The third-order valence-corrected chi connectivity index (χ3v) is 3.15. The maximum absolute atomic E-state index is 9.79. The number of benzene rings is 1. The smallest absolute Gasteiger partial charge is 0.0667 e. The topological polar surface area (TPSA) is 32.3 Å². The van der Waals surface area contributed by atoms with Gasteiger partial charge in [-0.15, -0.1) is 0 Å². The van der Waals surface area contributed by atoms with Crippen molar-refractivity contribution < 1.29 is 5.11 Å². The highest BCUT2D eigenvalue weighted by molar-refractivity contribution is 5.14. The second kappa shape index (κ2) is 8.28. The zero-order valence-electron chi connectivity index (χ0n) is 11.9. The molecule has 2 heteroatoms. The Balaban J connectivity index is 2.16. The molecule has 2 nitrogen and oxygen atoms in total. The van der Waals surface area contributed by atoms with Crippen LogP contribution in [0.3, 0.4) is 0 Å². The van der Waals surface area contributed by atoms with Crippen molar-refractivity contribution in [3.63, 3.8) is 0 Å². The third kappa shape index (κ3) is 6.77. The van der Waals surface area contributed by atoms with E-state index in [0.29, 0.717) is 18.5 Å². The van der Waals surface area contributed by atoms with Crippen molar-refractivity contribution in [1.82, 2.24) is 5.32 Å². The molecule has 2 unspecified atom stereocenters. The molecule has 0 radical (unpaired) electrons. The largest absolute Gasteiger partial charge is 0.392 e. The Morgan fingerprint density at radius 2 is 1.78 bits per heavy atom. The SMILES string of the molecule is CC(C)CC(O)CNC(C)CCc1ccccc1. The minimum absolute atomic E-state index is 0.218. The highest BCUT2D eigenvalue weighted by Gasteiger charge is 2.08. The lowest BCUT2D eigenvalue weighted by molar-refractivity contribution is 0.142. The second-order valence-corrected chi connectivity index (χ2v) is 5.62. The van der Waals surface area contributed by atoms with Crippen LogP contribution in [-0.4, -0.2) is 23.8 Å². The van der Waals surface area contributed by atoms with Crippen molar-refractivity contribution in [3.05, 3.63) is 35.9 Å². The van der Waals surface area contributed by atoms with E-state index in [1.807, 2.05) is 6.07 Å². The summed E-state index contributed by atoms with van der Waals surface area (Å²) in [7, 11) is 0. The summed E-state index contributed by atoms with van der Waals surface area (Å²) in [5.41, 5.74) is 1.38. The second-order valence-electron chi connectivity index (χ2n) is 5.62. The highest BCUT2D eigenvalue weighted by Crippen LogP contribution is 2.06. The van der Waals surface area contributed by atoms with Gasteiger partial charge in [-0.1, -0.05) is 44.2 Å². The van der Waals surface area contributed by atoms with Gasteiger partial charge in [-0.25, -0.2) is 0 Å². The molecule has 2 N–H and O–H groups in total. The Bertz CT molecular complexity index is 310. The fourth-order valence-corrected chi connectivity index (χ4v) is 2.09. The van der Waals surface area contributed by atoms with Crippen LogP contribution in [-0.2, 0) is 6.42 Å². The van der Waals surface area contributed by atoms with Crippen LogP contribution in [0.2, 0.25) is 0 Å². The first-order chi connectivity index (χ1) is 8.58. The minimum Gasteiger partial charge on any atom is -0.392 e. The molecular formula is C16H27NO. The average Bonchev–Trinajstić information content (AvgIpc) is 2.34. The summed E-state index contributed by atoms with van der Waals surface area (Å²) < 4.78 is 0. The van der Waals surface area contributed by atoms with E-state index in [9.17, 15) is 5.11 Å². The van der Waals surface area contributed by atoms with Crippen LogP contribution in [0.25, 0.3) is 0 Å². The first-order valence-corrected chi connectivity index (χ1v) is 7.03. The molecule has 1 rings (SSSR count). The van der Waals surface area contributed by atoms with Crippen LogP contribution in [0, 0.1) is 5.92 Å². The molecule has 0 heterocycles. The minimum atomic E-state index is -0.218. The molecule has 0 bridgehead atoms. The molecule has 1 aromatic rings. The normalized spacial score (nSPS) is 14.7. The summed E-state index contributed by atoms with van der Waals surface area (Å²) in [5, 5.41) is 13.2. The van der Waals surface area contributed by atoms with E-state index >= 15 is 0 Å². The number of aryl methyl sites for hydroxylation is 1. The number of aliphatic hydroxyl groups excluding tert-OH is 1. The molecule has 0 aliphatic rings. The van der Waals surface area contributed by atoms with Crippen molar-refractivity contribution in [2.75, 3.05) is 6.54 Å². The fourth-order valence-electron chi connectivity index (χ4n) is 2.09. The van der Waals surface area contributed by atoms with Gasteiger partial charge in [0.05, 0.1) is 6.10 Å². The van der Waals surface area contributed by atoms with E-state index in [-0.39, 0.29) is 6.10 Å². The maximum Gasteiger partial charge on any atom is 0.0667 e. The molecule has 18 heavy (non-hydrogen) atoms. The predicted octanol–water partition coefficient (Wildman–Crippen LogP) is 3.00. The Labute approximate surface area is 111 Å². The zero-order valence-corrected chi connectivity index (χ0v) is 11.9. The van der Waals surface area contributed by atoms with Crippen molar-refractivity contribution in [1.29, 1.82) is 0 Å². The summed E-state index contributed by atoms with van der Waals surface area (Å²) in [6.45, 7) is 7.17. The van der Waals surface area contributed by atoms with Gasteiger partial charge in [-0.3, -0.25) is 0 Å². The molecule has 0 spiro atoms. The molecule has 0 saturated heterocycles. The van der Waals surface area contributed by atoms with Crippen LogP contribution in [0.4, 0.5) is 0 Å². The third-order valence-electron chi connectivity index (χ3n) is 3.15. The number of hydrogen-bond donors (Lipinski definition) is 2. The van der Waals surface area contributed by atoms with Gasteiger partial charge in [-0.05, 0) is 37.7 Å². The lowest BCUT2D eigenvalue weighted by Gasteiger charge is -2.18. The molecule has 0 aliphatic heterocycles. The molecule has 0 amide bonds. The predicted molar refractivity (Wildman–Crippen MR) is 77.7 cm³/mol. The van der Waals surface area contributed by atoms with Gasteiger partial charge in [0.2, 0.25) is 0 Å². The van der Waals surface area contributed by atoms with Crippen LogP contribution in [0.5, 0.6) is 0 Å². The highest BCUT2D eigenvalue weighted by atomic mass is 16.3. The van der Waals surface area contributed by atoms with E-state index in [1.54, 1.807) is 0 Å². The van der Waals surface area contributed by atoms with E-state index < -0.39 is 0 Å². The van der Waals surface area contributed by atoms with Gasteiger partial charge in [0.1, 0.15) is 0 Å². The van der Waals surface area contributed by atoms with Gasteiger partial charge >= 0.3 is 0 Å². The summed E-state index contributed by atoms with van der Waals surface area (Å²) in [6.07, 6.45) is 2.86. The van der Waals surface area contributed by atoms with E-state index in [0.717, 1.165) is 19.3 Å². The molecule has 102 valence electrons. The van der Waals surface area contributed by atoms with Crippen LogP contribution >= 0.6 is 0 Å². The number of rotatable bonds is 8. The Kier molecular flexibility index (Phi) is 6.99. The number of nitrogens with one attached hydrogen (secondary N) is 1. The first-order valence-electron chi connectivity index (χ1n) is 7.03. The number of hydrogen-bond acceptors (Lipinski definition) is 2. The first kappa shape index (κ1) is 15.2. The average molecular weight is 249 g/mol. The van der Waals surface area contributed by atoms with E-state index in [1.165, 1.54) is 5.56 Å². The van der Waals surface area contributed by atoms with Crippen molar-refractivity contribution in [2.45, 2.75) is 52.2 Å². The van der Waals surface area contributed by atoms with Gasteiger partial charge in [-0.2, -0.15) is 0 Å². The molecule has 0 aliphatic carbocycles. The molecule has 0 aromatic heterocycles. The van der Waals surface area contributed by atoms with E-state index in [4.69, 9.17) is 0 Å². The number of aliphatic hydroxyl groups is 1. The summed E-state index contributed by atoms with van der Waals surface area (Å²) >= 11 is 0. The van der Waals surface area contributed by atoms with Gasteiger partial charge in [0.25, 0.3) is 0 Å². The van der Waals surface area contributed by atoms with E-state index in [2.05, 4.69) is 50.4 Å². The summed E-state index contributed by atoms with van der Waals surface area (Å²) in [6, 6.07) is 11.0. The Morgan fingerprint density at radius 3 is 2.39 bits per heavy atom.